The van der Waals surface area contributed by atoms with Crippen molar-refractivity contribution in [2.45, 2.75) is 31.9 Å². The van der Waals surface area contributed by atoms with E-state index < -0.39 is 17.6 Å². The van der Waals surface area contributed by atoms with E-state index in [1.165, 1.54) is 19.1 Å². The zero-order valence-corrected chi connectivity index (χ0v) is 13.6. The minimum absolute atomic E-state index is 0.0805. The Bertz CT molecular complexity index is 680. The maximum Gasteiger partial charge on any atom is 0.416 e. The second-order valence-electron chi connectivity index (χ2n) is 5.83. The normalized spacial score (nSPS) is 16.2. The van der Waals surface area contributed by atoms with E-state index in [1.807, 2.05) is 0 Å². The number of hydrazone groups is 1. The number of nitrogens with one attached hydrogen (secondary N) is 1. The predicted molar refractivity (Wildman–Crippen MR) is 85.8 cm³/mol. The lowest BCUT2D eigenvalue weighted by atomic mass is 9.85. The van der Waals surface area contributed by atoms with Crippen molar-refractivity contribution in [3.63, 3.8) is 0 Å². The second kappa shape index (κ2) is 7.54. The highest BCUT2D eigenvalue weighted by molar-refractivity contribution is 6.00. The minimum atomic E-state index is -4.58. The summed E-state index contributed by atoms with van der Waals surface area (Å²) >= 11 is 0. The van der Waals surface area contributed by atoms with Crippen LogP contribution in [0.5, 0.6) is 0 Å². The number of likely N-dealkylation sites (tertiary alicyclic amines) is 1. The lowest BCUT2D eigenvalue weighted by molar-refractivity contribution is -0.139. The number of piperidine rings is 1. The molecule has 2 rings (SSSR count). The average Bonchev–Trinajstić information content (AvgIpc) is 2.58. The summed E-state index contributed by atoms with van der Waals surface area (Å²) in [5.74, 6) is 3.74. The maximum atomic E-state index is 13.5. The molecule has 0 aliphatic carbocycles. The third-order valence-corrected chi connectivity index (χ3v) is 4.27. The van der Waals surface area contributed by atoms with E-state index in [2.05, 4.69) is 10.4 Å². The van der Waals surface area contributed by atoms with Crippen LogP contribution >= 0.6 is 0 Å². The van der Waals surface area contributed by atoms with Crippen LogP contribution in [0.25, 0.3) is 0 Å². The molecule has 0 spiro atoms. The van der Waals surface area contributed by atoms with Gasteiger partial charge in [-0.25, -0.2) is 0 Å². The number of hydrogen-bond acceptors (Lipinski definition) is 4. The molecule has 1 aromatic carbocycles. The van der Waals surface area contributed by atoms with Gasteiger partial charge >= 0.3 is 6.18 Å². The molecule has 0 bridgehead atoms. The van der Waals surface area contributed by atoms with Crippen LogP contribution in [0, 0.1) is 0 Å². The first-order valence-corrected chi connectivity index (χ1v) is 7.73. The summed E-state index contributed by atoms with van der Waals surface area (Å²) in [7, 11) is 0. The van der Waals surface area contributed by atoms with Crippen molar-refractivity contribution in [3.8, 4) is 0 Å². The van der Waals surface area contributed by atoms with Gasteiger partial charge in [0.1, 0.15) is 6.34 Å². The maximum absolute atomic E-state index is 13.5. The van der Waals surface area contributed by atoms with Crippen molar-refractivity contribution in [1.82, 2.24) is 10.2 Å². The third-order valence-electron chi connectivity index (χ3n) is 4.27. The molecule has 6 nitrogen and oxygen atoms in total. The third kappa shape index (κ3) is 4.49. The van der Waals surface area contributed by atoms with Gasteiger partial charge in [-0.3, -0.25) is 9.59 Å². The first-order valence-electron chi connectivity index (χ1n) is 7.73. The molecule has 9 heteroatoms. The Morgan fingerprint density at radius 2 is 1.96 bits per heavy atom. The summed E-state index contributed by atoms with van der Waals surface area (Å²) in [6.45, 7) is 2.29. The molecule has 1 heterocycles. The molecule has 0 atom stereocenters. The number of carbonyl (C=O) groups is 2. The lowest BCUT2D eigenvalue weighted by Gasteiger charge is -2.32. The average molecular weight is 356 g/mol. The van der Waals surface area contributed by atoms with E-state index in [9.17, 15) is 22.8 Å². The molecule has 136 valence electrons. The molecule has 1 aliphatic rings. The van der Waals surface area contributed by atoms with Gasteiger partial charge in [0.05, 0.1) is 5.56 Å². The number of halogens is 3. The van der Waals surface area contributed by atoms with Gasteiger partial charge in [-0.1, -0.05) is 6.07 Å². The first kappa shape index (κ1) is 18.8. The summed E-state index contributed by atoms with van der Waals surface area (Å²) in [5, 5.41) is 5.25. The number of benzene rings is 1. The van der Waals surface area contributed by atoms with Gasteiger partial charge in [0.15, 0.2) is 0 Å². The number of alkyl halides is 3. The molecule has 0 unspecified atom stereocenters. The molecular formula is C16H19F3N4O2. The van der Waals surface area contributed by atoms with Crippen molar-refractivity contribution in [1.29, 1.82) is 0 Å². The molecule has 0 radical (unpaired) electrons. The Kier molecular flexibility index (Phi) is 5.66. The van der Waals surface area contributed by atoms with E-state index in [1.54, 1.807) is 4.90 Å². The molecule has 25 heavy (non-hydrogen) atoms. The molecule has 1 aromatic rings. The topological polar surface area (TPSA) is 87.8 Å². The van der Waals surface area contributed by atoms with E-state index in [4.69, 9.17) is 5.84 Å². The van der Waals surface area contributed by atoms with E-state index >= 15 is 0 Å². The van der Waals surface area contributed by atoms with Crippen molar-refractivity contribution in [2.24, 2.45) is 10.9 Å². The Morgan fingerprint density at radius 1 is 1.32 bits per heavy atom. The van der Waals surface area contributed by atoms with E-state index in [0.29, 0.717) is 25.9 Å². The number of hydrogen-bond donors (Lipinski definition) is 2. The van der Waals surface area contributed by atoms with Gasteiger partial charge < -0.3 is 16.1 Å². The van der Waals surface area contributed by atoms with Crippen LogP contribution in [-0.4, -0.2) is 36.1 Å². The SMILES string of the molecule is CC(=O)N1CCC(c2ccc(C(=O)N/C=N/N)cc2C(F)(F)F)CC1. The summed E-state index contributed by atoms with van der Waals surface area (Å²) in [5.41, 5.74) is -0.803. The molecule has 1 saturated heterocycles. The Balaban J connectivity index is 2.29. The number of carbonyl (C=O) groups excluding carboxylic acids is 2. The minimum Gasteiger partial charge on any atom is -0.343 e. The van der Waals surface area contributed by atoms with Gasteiger partial charge in [0.2, 0.25) is 5.91 Å². The molecule has 2 amide bonds. The fourth-order valence-electron chi connectivity index (χ4n) is 2.98. The Labute approximate surface area is 142 Å². The standard InChI is InChI=1S/C16H19F3N4O2/c1-10(24)23-6-4-11(5-7-23)13-3-2-12(15(25)21-9-22-20)8-14(13)16(17,18)19/h2-3,8-9,11H,4-7,20H2,1H3,(H,21,22,25). The van der Waals surface area contributed by atoms with Crippen LogP contribution < -0.4 is 11.2 Å². The highest BCUT2D eigenvalue weighted by Gasteiger charge is 2.36. The zero-order chi connectivity index (χ0) is 18.6. The van der Waals surface area contributed by atoms with Gasteiger partial charge in [-0.15, -0.1) is 0 Å². The van der Waals surface area contributed by atoms with Crippen LogP contribution in [0.3, 0.4) is 0 Å². The number of rotatable bonds is 3. The predicted octanol–water partition coefficient (Wildman–Crippen LogP) is 2.06. The summed E-state index contributed by atoms with van der Waals surface area (Å²) < 4.78 is 40.4. The molecule has 1 aliphatic heterocycles. The summed E-state index contributed by atoms with van der Waals surface area (Å²) in [4.78, 5) is 24.8. The Hall–Kier alpha value is -2.58. The summed E-state index contributed by atoms with van der Waals surface area (Å²) in [6.07, 6.45) is -2.77. The Morgan fingerprint density at radius 3 is 2.48 bits per heavy atom. The lowest BCUT2D eigenvalue weighted by Crippen LogP contribution is -2.36. The number of nitrogens with zero attached hydrogens (tertiary/aromatic N) is 2. The van der Waals surface area contributed by atoms with Gasteiger partial charge in [0, 0.05) is 25.6 Å². The van der Waals surface area contributed by atoms with Crippen molar-refractivity contribution in [2.75, 3.05) is 13.1 Å². The smallest absolute Gasteiger partial charge is 0.343 e. The largest absolute Gasteiger partial charge is 0.416 e. The van der Waals surface area contributed by atoms with Gasteiger partial charge in [-0.2, -0.15) is 18.3 Å². The van der Waals surface area contributed by atoms with Crippen LogP contribution in [-0.2, 0) is 11.0 Å². The van der Waals surface area contributed by atoms with E-state index in [-0.39, 0.29) is 23.0 Å². The van der Waals surface area contributed by atoms with Crippen LogP contribution in [0.15, 0.2) is 23.3 Å². The molecule has 3 N–H and O–H groups in total. The van der Waals surface area contributed by atoms with Crippen molar-refractivity contribution in [3.05, 3.63) is 34.9 Å². The molecule has 1 fully saturated rings. The molecule has 0 saturated carbocycles. The van der Waals surface area contributed by atoms with Crippen molar-refractivity contribution < 1.29 is 22.8 Å². The summed E-state index contributed by atoms with van der Waals surface area (Å²) in [6, 6.07) is 3.53. The van der Waals surface area contributed by atoms with E-state index in [0.717, 1.165) is 12.4 Å². The monoisotopic (exact) mass is 356 g/mol. The molecule has 0 aromatic heterocycles. The number of amides is 2. The first-order chi connectivity index (χ1) is 11.7. The van der Waals surface area contributed by atoms with Crippen LogP contribution in [0.1, 0.15) is 47.2 Å². The van der Waals surface area contributed by atoms with Gasteiger partial charge in [0.25, 0.3) is 5.91 Å². The molecular weight excluding hydrogens is 337 g/mol. The second-order valence-corrected chi connectivity index (χ2v) is 5.83. The van der Waals surface area contributed by atoms with Crippen LogP contribution in [0.2, 0.25) is 0 Å². The van der Waals surface area contributed by atoms with Gasteiger partial charge in [-0.05, 0) is 36.5 Å². The fraction of sp³-hybridized carbons (Fsp3) is 0.438. The zero-order valence-electron chi connectivity index (χ0n) is 13.6. The highest BCUT2D eigenvalue weighted by Crippen LogP contribution is 2.39. The highest BCUT2D eigenvalue weighted by atomic mass is 19.4. The fourth-order valence-corrected chi connectivity index (χ4v) is 2.98. The number of nitrogens with two attached hydrogens (primary N) is 1. The van der Waals surface area contributed by atoms with Crippen LogP contribution in [0.4, 0.5) is 13.2 Å². The van der Waals surface area contributed by atoms with Crippen molar-refractivity contribution >= 4 is 18.2 Å². The quantitative estimate of drug-likeness (QED) is 0.376.